The van der Waals surface area contributed by atoms with E-state index in [1.807, 2.05) is 12.1 Å². The third kappa shape index (κ3) is 3.48. The highest BCUT2D eigenvalue weighted by molar-refractivity contribution is 7.94. The fourth-order valence-electron chi connectivity index (χ4n) is 3.10. The van der Waals surface area contributed by atoms with E-state index >= 15 is 0 Å². The van der Waals surface area contributed by atoms with Gasteiger partial charge in [0.25, 0.3) is 5.69 Å². The van der Waals surface area contributed by atoms with E-state index < -0.39 is 21.8 Å². The maximum Gasteiger partial charge on any atom is 0.317 e. The fraction of sp³-hybridized carbons (Fsp3) is 0.263. The highest BCUT2D eigenvalue weighted by Crippen LogP contribution is 2.40. The van der Waals surface area contributed by atoms with Crippen LogP contribution in [-0.2, 0) is 9.84 Å². The lowest BCUT2D eigenvalue weighted by Gasteiger charge is -2.11. The first-order valence-corrected chi connectivity index (χ1v) is 10.2. The molecule has 0 bridgehead atoms. The van der Waals surface area contributed by atoms with Crippen molar-refractivity contribution in [3.8, 4) is 11.1 Å². The van der Waals surface area contributed by atoms with Gasteiger partial charge in [-0.25, -0.2) is 8.42 Å². The molecule has 2 aliphatic rings. The van der Waals surface area contributed by atoms with Gasteiger partial charge in [0.15, 0.2) is 16.0 Å². The molecule has 0 unspecified atom stereocenters. The Labute approximate surface area is 151 Å². The number of benzene rings is 1. The summed E-state index contributed by atoms with van der Waals surface area (Å²) in [5.41, 5.74) is 2.89. The van der Waals surface area contributed by atoms with Gasteiger partial charge in [-0.15, -0.1) is 0 Å². The molecular weight excluding hydrogens is 352 g/mol. The van der Waals surface area contributed by atoms with Gasteiger partial charge in [-0.3, -0.25) is 4.79 Å². The molecule has 0 saturated heterocycles. The van der Waals surface area contributed by atoms with Gasteiger partial charge in [-0.05, 0) is 42.0 Å². The average Bonchev–Trinajstić information content (AvgIpc) is 3.39. The molecule has 6 nitrogen and oxygen atoms in total. The molecule has 2 aromatic rings. The number of carbonyl (C=O) groups excluding carboxylic acids is 1. The number of rotatable bonds is 4. The molecule has 4 rings (SSSR count). The maximum absolute atomic E-state index is 12.3. The van der Waals surface area contributed by atoms with Crippen molar-refractivity contribution in [3.05, 3.63) is 70.5 Å². The number of pyridine rings is 1. The van der Waals surface area contributed by atoms with Gasteiger partial charge < -0.3 is 10.5 Å². The Morgan fingerprint density at radius 2 is 1.77 bits per heavy atom. The zero-order valence-electron chi connectivity index (χ0n) is 14.0. The van der Waals surface area contributed by atoms with E-state index in [1.54, 1.807) is 6.07 Å². The first-order chi connectivity index (χ1) is 12.4. The van der Waals surface area contributed by atoms with Crippen LogP contribution in [0.2, 0.25) is 0 Å². The Hall–Kier alpha value is -2.67. The van der Waals surface area contributed by atoms with Crippen molar-refractivity contribution >= 4 is 15.7 Å². The first-order valence-electron chi connectivity index (χ1n) is 8.47. The summed E-state index contributed by atoms with van der Waals surface area (Å²) in [6.45, 7) is 0. The molecule has 2 heterocycles. The summed E-state index contributed by atoms with van der Waals surface area (Å²) in [5, 5.41) is 15.9. The monoisotopic (exact) mass is 370 g/mol. The summed E-state index contributed by atoms with van der Waals surface area (Å²) < 4.78 is 23.3. The lowest BCUT2D eigenvalue weighted by molar-refractivity contribution is -0.607. The second-order valence-electron chi connectivity index (χ2n) is 6.76. The minimum Gasteiger partial charge on any atom is -0.618 e. The zero-order valence-corrected chi connectivity index (χ0v) is 14.8. The summed E-state index contributed by atoms with van der Waals surface area (Å²) in [7, 11) is -3.26. The van der Waals surface area contributed by atoms with Crippen LogP contribution in [0.15, 0.2) is 54.1 Å². The van der Waals surface area contributed by atoms with Crippen LogP contribution in [0.3, 0.4) is 0 Å². The number of carbonyl (C=O) groups is 1. The lowest BCUT2D eigenvalue weighted by Crippen LogP contribution is -2.43. The summed E-state index contributed by atoms with van der Waals surface area (Å²) in [5.74, 6) is -0.0985. The standard InChI is InChI=1S/C19H18N2O4S/c22-19(20-17-9-10-26(24,25)12-17)18-8-7-16(11-21(18)23)15-5-3-14(4-6-15)13-1-2-13/h3-11,13,17H,1-2,12H2,(H,20,22)/t17-/m1/s1. The molecule has 1 fully saturated rings. The van der Waals surface area contributed by atoms with E-state index in [-0.39, 0.29) is 11.4 Å². The average molecular weight is 370 g/mol. The smallest absolute Gasteiger partial charge is 0.317 e. The molecule has 1 aliphatic carbocycles. The lowest BCUT2D eigenvalue weighted by atomic mass is 10.0. The van der Waals surface area contributed by atoms with Crippen LogP contribution >= 0.6 is 0 Å². The third-order valence-corrected chi connectivity index (χ3v) is 6.08. The largest absolute Gasteiger partial charge is 0.618 e. The van der Waals surface area contributed by atoms with Crippen LogP contribution in [0.1, 0.15) is 34.8 Å². The molecule has 1 saturated carbocycles. The topological polar surface area (TPSA) is 90.2 Å². The van der Waals surface area contributed by atoms with Crippen LogP contribution in [0.25, 0.3) is 11.1 Å². The number of hydrogen-bond acceptors (Lipinski definition) is 4. The van der Waals surface area contributed by atoms with E-state index in [2.05, 4.69) is 17.4 Å². The van der Waals surface area contributed by atoms with E-state index in [0.717, 1.165) is 16.5 Å². The second kappa shape index (κ2) is 6.25. The van der Waals surface area contributed by atoms with Crippen molar-refractivity contribution in [3.63, 3.8) is 0 Å². The Morgan fingerprint density at radius 3 is 2.35 bits per heavy atom. The number of aromatic nitrogens is 1. The second-order valence-corrected chi connectivity index (χ2v) is 8.69. The number of nitrogens with one attached hydrogen (secondary N) is 1. The molecule has 1 amide bonds. The van der Waals surface area contributed by atoms with Gasteiger partial charge >= 0.3 is 5.91 Å². The number of sulfone groups is 1. The van der Waals surface area contributed by atoms with Gasteiger partial charge in [0.2, 0.25) is 0 Å². The maximum atomic E-state index is 12.3. The van der Waals surface area contributed by atoms with Crippen molar-refractivity contribution in [2.24, 2.45) is 0 Å². The highest BCUT2D eigenvalue weighted by atomic mass is 32.2. The molecule has 134 valence electrons. The van der Waals surface area contributed by atoms with E-state index in [0.29, 0.717) is 10.6 Å². The van der Waals surface area contributed by atoms with Crippen molar-refractivity contribution in [1.82, 2.24) is 5.32 Å². The number of nitrogens with zero attached hydrogens (tertiary/aromatic N) is 1. The molecule has 0 spiro atoms. The first kappa shape index (κ1) is 16.8. The fourth-order valence-corrected chi connectivity index (χ4v) is 4.34. The summed E-state index contributed by atoms with van der Waals surface area (Å²) in [6, 6.07) is 10.7. The number of hydrogen-bond donors (Lipinski definition) is 1. The minimum absolute atomic E-state index is 0.0685. The number of amides is 1. The van der Waals surface area contributed by atoms with Crippen LogP contribution in [0, 0.1) is 5.21 Å². The van der Waals surface area contributed by atoms with E-state index in [1.165, 1.54) is 36.7 Å². The Balaban J connectivity index is 1.50. The molecule has 26 heavy (non-hydrogen) atoms. The molecule has 7 heteroatoms. The van der Waals surface area contributed by atoms with Crippen molar-refractivity contribution in [2.75, 3.05) is 5.75 Å². The quantitative estimate of drug-likeness (QED) is 0.657. The van der Waals surface area contributed by atoms with Crippen molar-refractivity contribution < 1.29 is 17.9 Å². The minimum atomic E-state index is -3.26. The molecule has 1 N–H and O–H groups in total. The van der Waals surface area contributed by atoms with E-state index in [4.69, 9.17) is 0 Å². The predicted octanol–water partition coefficient (Wildman–Crippen LogP) is 1.90. The van der Waals surface area contributed by atoms with Gasteiger partial charge in [0, 0.05) is 17.0 Å². The predicted molar refractivity (Wildman–Crippen MR) is 97.0 cm³/mol. The molecule has 0 radical (unpaired) electrons. The highest BCUT2D eigenvalue weighted by Gasteiger charge is 2.26. The van der Waals surface area contributed by atoms with Crippen molar-refractivity contribution in [2.45, 2.75) is 24.8 Å². The normalized spacial score (nSPS) is 20.8. The summed E-state index contributed by atoms with van der Waals surface area (Å²) in [6.07, 6.45) is 5.25. The summed E-state index contributed by atoms with van der Waals surface area (Å²) in [4.78, 5) is 12.2. The SMILES string of the molecule is O=C(N[C@@H]1C=CS(=O)(=O)C1)c1ccc(-c2ccc(C3CC3)cc2)c[n+]1[O-]. The Kier molecular flexibility index (Phi) is 4.03. The van der Waals surface area contributed by atoms with Gasteiger partial charge in [0.05, 0.1) is 11.8 Å². The third-order valence-electron chi connectivity index (χ3n) is 4.69. The van der Waals surface area contributed by atoms with Gasteiger partial charge in [0.1, 0.15) is 0 Å². The van der Waals surface area contributed by atoms with Crippen molar-refractivity contribution in [1.29, 1.82) is 0 Å². The van der Waals surface area contributed by atoms with Crippen LogP contribution in [0.4, 0.5) is 0 Å². The molecule has 1 atom stereocenters. The molecule has 1 aliphatic heterocycles. The summed E-state index contributed by atoms with van der Waals surface area (Å²) >= 11 is 0. The van der Waals surface area contributed by atoms with Crippen LogP contribution in [-0.4, -0.2) is 26.1 Å². The zero-order chi connectivity index (χ0) is 18.3. The van der Waals surface area contributed by atoms with Gasteiger partial charge in [-0.1, -0.05) is 24.3 Å². The Bertz CT molecular complexity index is 993. The van der Waals surface area contributed by atoms with E-state index in [9.17, 15) is 18.4 Å². The van der Waals surface area contributed by atoms with Crippen LogP contribution < -0.4 is 10.0 Å². The molecule has 1 aromatic carbocycles. The molecular formula is C19H18N2O4S. The van der Waals surface area contributed by atoms with Crippen LogP contribution in [0.5, 0.6) is 0 Å². The molecule has 1 aromatic heterocycles. The Morgan fingerprint density at radius 1 is 1.08 bits per heavy atom. The van der Waals surface area contributed by atoms with Gasteiger partial charge in [-0.2, -0.15) is 4.73 Å².